The van der Waals surface area contributed by atoms with E-state index in [-0.39, 0.29) is 0 Å². The minimum Gasteiger partial charge on any atom is -0.374 e. The molecule has 0 bridgehead atoms. The molecule has 0 fully saturated rings. The Morgan fingerprint density at radius 2 is 2.00 bits per heavy atom. The molecule has 0 atom stereocenters. The minimum atomic E-state index is 0.604. The minimum absolute atomic E-state index is 0.604. The van der Waals surface area contributed by atoms with Crippen LogP contribution in [0.2, 0.25) is 0 Å². The third kappa shape index (κ3) is 3.57. The van der Waals surface area contributed by atoms with Crippen molar-refractivity contribution in [3.05, 3.63) is 50.6 Å². The second-order valence-electron chi connectivity index (χ2n) is 4.27. The molecule has 2 nitrogen and oxygen atoms in total. The molecule has 0 aliphatic heterocycles. The maximum Gasteiger partial charge on any atom is 0.0363 e. The fourth-order valence-electron chi connectivity index (χ4n) is 1.78. The maximum atomic E-state index is 5.60. The number of rotatable bonds is 5. The Morgan fingerprint density at radius 3 is 2.56 bits per heavy atom. The molecule has 2 N–H and O–H groups in total. The average molecular weight is 325 g/mol. The number of thiophene rings is 1. The molecule has 0 aliphatic carbocycles. The Bertz CT molecular complexity index is 493. The summed E-state index contributed by atoms with van der Waals surface area (Å²) in [7, 11) is 2.13. The third-order valence-electron chi connectivity index (χ3n) is 2.93. The SMILES string of the molecule is CN(CCc1cc(Br)cs1)c1ccc(CN)cc1. The molecule has 0 radical (unpaired) electrons. The molecule has 2 aromatic rings. The molecule has 1 aromatic heterocycles. The van der Waals surface area contributed by atoms with E-state index in [9.17, 15) is 0 Å². The van der Waals surface area contributed by atoms with Gasteiger partial charge in [-0.3, -0.25) is 0 Å². The van der Waals surface area contributed by atoms with E-state index in [1.54, 1.807) is 11.3 Å². The lowest BCUT2D eigenvalue weighted by atomic mass is 10.2. The Kier molecular flexibility index (Phi) is 4.80. The highest BCUT2D eigenvalue weighted by Gasteiger charge is 2.03. The Balaban J connectivity index is 1.92. The number of anilines is 1. The van der Waals surface area contributed by atoms with Crippen LogP contribution in [-0.2, 0) is 13.0 Å². The number of nitrogens with zero attached hydrogens (tertiary/aromatic N) is 1. The molecular weight excluding hydrogens is 308 g/mol. The van der Waals surface area contributed by atoms with Gasteiger partial charge in [0.15, 0.2) is 0 Å². The summed E-state index contributed by atoms with van der Waals surface area (Å²) in [5, 5.41) is 2.13. The van der Waals surface area contributed by atoms with Crippen LogP contribution in [0.3, 0.4) is 0 Å². The fraction of sp³-hybridized carbons (Fsp3) is 0.286. The summed E-state index contributed by atoms with van der Waals surface area (Å²) in [5.74, 6) is 0. The first-order chi connectivity index (χ1) is 8.69. The Morgan fingerprint density at radius 1 is 1.28 bits per heavy atom. The van der Waals surface area contributed by atoms with E-state index in [1.165, 1.54) is 20.6 Å². The van der Waals surface area contributed by atoms with E-state index in [0.29, 0.717) is 6.54 Å². The Labute approximate surface area is 121 Å². The molecular formula is C14H17BrN2S. The summed E-state index contributed by atoms with van der Waals surface area (Å²) in [5.41, 5.74) is 8.01. The van der Waals surface area contributed by atoms with Crippen LogP contribution in [0.1, 0.15) is 10.4 Å². The summed E-state index contributed by atoms with van der Waals surface area (Å²) in [6, 6.07) is 10.6. The third-order valence-corrected chi connectivity index (χ3v) is 4.69. The molecule has 0 unspecified atom stereocenters. The average Bonchev–Trinajstić information content (AvgIpc) is 2.82. The lowest BCUT2D eigenvalue weighted by Crippen LogP contribution is -2.19. The first-order valence-electron chi connectivity index (χ1n) is 5.92. The zero-order chi connectivity index (χ0) is 13.0. The first kappa shape index (κ1) is 13.6. The van der Waals surface area contributed by atoms with Gasteiger partial charge in [0.1, 0.15) is 0 Å². The first-order valence-corrected chi connectivity index (χ1v) is 7.59. The van der Waals surface area contributed by atoms with E-state index in [1.807, 2.05) is 0 Å². The summed E-state index contributed by atoms with van der Waals surface area (Å²) >= 11 is 5.29. The van der Waals surface area contributed by atoms with Gasteiger partial charge in [-0.15, -0.1) is 11.3 Å². The fourth-order valence-corrected chi connectivity index (χ4v) is 3.22. The molecule has 0 saturated carbocycles. The number of hydrogen-bond acceptors (Lipinski definition) is 3. The smallest absolute Gasteiger partial charge is 0.0363 e. The van der Waals surface area contributed by atoms with Crippen molar-refractivity contribution in [2.45, 2.75) is 13.0 Å². The van der Waals surface area contributed by atoms with Crippen molar-refractivity contribution in [1.29, 1.82) is 0 Å². The van der Waals surface area contributed by atoms with Gasteiger partial charge >= 0.3 is 0 Å². The van der Waals surface area contributed by atoms with Gasteiger partial charge < -0.3 is 10.6 Å². The van der Waals surface area contributed by atoms with E-state index in [0.717, 1.165) is 13.0 Å². The van der Waals surface area contributed by atoms with Gasteiger partial charge in [-0.1, -0.05) is 12.1 Å². The van der Waals surface area contributed by atoms with Crippen molar-refractivity contribution in [3.8, 4) is 0 Å². The molecule has 0 saturated heterocycles. The number of nitrogens with two attached hydrogens (primary N) is 1. The maximum absolute atomic E-state index is 5.60. The zero-order valence-corrected chi connectivity index (χ0v) is 12.8. The summed E-state index contributed by atoms with van der Waals surface area (Å²) < 4.78 is 1.18. The molecule has 0 aliphatic rings. The Hall–Kier alpha value is -0.840. The molecule has 18 heavy (non-hydrogen) atoms. The van der Waals surface area contributed by atoms with Crippen LogP contribution in [0.4, 0.5) is 5.69 Å². The van der Waals surface area contributed by atoms with Gasteiger partial charge in [-0.05, 0) is 46.1 Å². The van der Waals surface area contributed by atoms with Gasteiger partial charge in [0, 0.05) is 40.6 Å². The van der Waals surface area contributed by atoms with Crippen molar-refractivity contribution >= 4 is 33.0 Å². The molecule has 0 spiro atoms. The zero-order valence-electron chi connectivity index (χ0n) is 10.4. The van der Waals surface area contributed by atoms with E-state index >= 15 is 0 Å². The highest BCUT2D eigenvalue weighted by Crippen LogP contribution is 2.21. The lowest BCUT2D eigenvalue weighted by molar-refractivity contribution is 0.886. The number of likely N-dealkylation sites (N-methyl/N-ethyl adjacent to an activating group) is 1. The summed E-state index contributed by atoms with van der Waals surface area (Å²) in [6.45, 7) is 1.63. The quantitative estimate of drug-likeness (QED) is 0.909. The van der Waals surface area contributed by atoms with Gasteiger partial charge in [-0.25, -0.2) is 0 Å². The van der Waals surface area contributed by atoms with Crippen molar-refractivity contribution in [1.82, 2.24) is 0 Å². The van der Waals surface area contributed by atoms with Crippen molar-refractivity contribution < 1.29 is 0 Å². The molecule has 2 rings (SSSR count). The van der Waals surface area contributed by atoms with Crippen molar-refractivity contribution in [2.24, 2.45) is 5.73 Å². The second kappa shape index (κ2) is 6.36. The van der Waals surface area contributed by atoms with E-state index < -0.39 is 0 Å². The largest absolute Gasteiger partial charge is 0.374 e. The van der Waals surface area contributed by atoms with Crippen LogP contribution >= 0.6 is 27.3 Å². The van der Waals surface area contributed by atoms with E-state index in [4.69, 9.17) is 5.73 Å². The highest BCUT2D eigenvalue weighted by atomic mass is 79.9. The van der Waals surface area contributed by atoms with Crippen molar-refractivity contribution in [3.63, 3.8) is 0 Å². The normalized spacial score (nSPS) is 10.6. The summed E-state index contributed by atoms with van der Waals surface area (Å²) in [4.78, 5) is 3.68. The molecule has 4 heteroatoms. The van der Waals surface area contributed by atoms with Gasteiger partial charge in [0.05, 0.1) is 0 Å². The highest BCUT2D eigenvalue weighted by molar-refractivity contribution is 9.10. The monoisotopic (exact) mass is 324 g/mol. The topological polar surface area (TPSA) is 29.3 Å². The molecule has 1 heterocycles. The van der Waals surface area contributed by atoms with Gasteiger partial charge in [-0.2, -0.15) is 0 Å². The van der Waals surface area contributed by atoms with Crippen LogP contribution in [-0.4, -0.2) is 13.6 Å². The molecule has 1 aromatic carbocycles. The van der Waals surface area contributed by atoms with Crippen molar-refractivity contribution in [2.75, 3.05) is 18.5 Å². The standard InChI is InChI=1S/C14H17BrN2S/c1-17(7-6-14-8-12(15)10-18-14)13-4-2-11(9-16)3-5-13/h2-5,8,10H,6-7,9,16H2,1H3. The number of hydrogen-bond donors (Lipinski definition) is 1. The van der Waals surface area contributed by atoms with Crippen LogP contribution in [0.5, 0.6) is 0 Å². The van der Waals surface area contributed by atoms with Gasteiger partial charge in [0.25, 0.3) is 0 Å². The second-order valence-corrected chi connectivity index (χ2v) is 6.18. The van der Waals surface area contributed by atoms with E-state index in [2.05, 4.69) is 63.6 Å². The predicted octanol–water partition coefficient (Wildman–Crippen LogP) is 3.65. The van der Waals surface area contributed by atoms with Crippen LogP contribution in [0, 0.1) is 0 Å². The van der Waals surface area contributed by atoms with Crippen LogP contribution < -0.4 is 10.6 Å². The molecule has 96 valence electrons. The lowest BCUT2D eigenvalue weighted by Gasteiger charge is -2.19. The van der Waals surface area contributed by atoms with Crippen LogP contribution in [0.15, 0.2) is 40.2 Å². The number of benzene rings is 1. The molecule has 0 amide bonds. The summed E-state index contributed by atoms with van der Waals surface area (Å²) in [6.07, 6.45) is 1.07. The van der Waals surface area contributed by atoms with Gasteiger partial charge in [0.2, 0.25) is 0 Å². The van der Waals surface area contributed by atoms with Crippen LogP contribution in [0.25, 0.3) is 0 Å². The predicted molar refractivity (Wildman–Crippen MR) is 83.3 cm³/mol. The number of halogens is 1.